The molecule has 0 spiro atoms. The number of hydrogen-bond donors (Lipinski definition) is 0. The van der Waals surface area contributed by atoms with Crippen LogP contribution < -0.4 is 4.90 Å². The number of benzene rings is 3. The predicted octanol–water partition coefficient (Wildman–Crippen LogP) is 5.26. The van der Waals surface area contributed by atoms with E-state index in [1.165, 1.54) is 17.0 Å². The van der Waals surface area contributed by atoms with Gasteiger partial charge in [-0.25, -0.2) is 9.69 Å². The number of rotatable bonds is 3. The molecular formula is C29H24ClNO4. The number of imide groups is 1. The molecule has 4 aliphatic rings. The highest BCUT2D eigenvalue weighted by atomic mass is 35.5. The zero-order valence-corrected chi connectivity index (χ0v) is 20.4. The van der Waals surface area contributed by atoms with Gasteiger partial charge in [0.15, 0.2) is 0 Å². The molecule has 35 heavy (non-hydrogen) atoms. The Balaban J connectivity index is 1.56. The van der Waals surface area contributed by atoms with Crippen molar-refractivity contribution in [3.05, 3.63) is 99.6 Å². The van der Waals surface area contributed by atoms with Crippen LogP contribution in [-0.2, 0) is 25.2 Å². The summed E-state index contributed by atoms with van der Waals surface area (Å²) < 4.78 is 5.12. The van der Waals surface area contributed by atoms with Crippen LogP contribution in [0.4, 0.5) is 5.69 Å². The van der Waals surface area contributed by atoms with Crippen LogP contribution in [-0.4, -0.2) is 24.4 Å². The van der Waals surface area contributed by atoms with Gasteiger partial charge in [0.2, 0.25) is 11.8 Å². The maximum absolute atomic E-state index is 14.2. The summed E-state index contributed by atoms with van der Waals surface area (Å²) >= 11 is 6.26. The van der Waals surface area contributed by atoms with Crippen molar-refractivity contribution in [2.24, 2.45) is 11.8 Å². The van der Waals surface area contributed by atoms with Gasteiger partial charge in [-0.3, -0.25) is 9.59 Å². The number of carbonyl (C=O) groups excluding carboxylic acids is 3. The summed E-state index contributed by atoms with van der Waals surface area (Å²) in [5.41, 5.74) is 3.51. The molecule has 1 heterocycles. The summed E-state index contributed by atoms with van der Waals surface area (Å²) in [6.45, 7) is 6.07. The van der Waals surface area contributed by atoms with Gasteiger partial charge in [0.05, 0.1) is 34.7 Å². The molecule has 3 aliphatic carbocycles. The first kappa shape index (κ1) is 22.1. The molecule has 6 heteroatoms. The molecule has 0 radical (unpaired) electrons. The van der Waals surface area contributed by atoms with Gasteiger partial charge in [-0.1, -0.05) is 74.0 Å². The van der Waals surface area contributed by atoms with Crippen molar-refractivity contribution in [2.45, 2.75) is 31.6 Å². The van der Waals surface area contributed by atoms with Crippen molar-refractivity contribution in [3.63, 3.8) is 0 Å². The Morgan fingerprint density at radius 1 is 0.857 bits per heavy atom. The van der Waals surface area contributed by atoms with Crippen LogP contribution in [0.15, 0.2) is 66.7 Å². The van der Waals surface area contributed by atoms with Crippen molar-refractivity contribution in [1.29, 1.82) is 0 Å². The minimum Gasteiger partial charge on any atom is -0.462 e. The standard InChI is InChI=1S/C29H24ClNO4/c1-4-35-27(34)17-15-16(13-14-22(17)30)31-25(32)23-24(26(31)33)29(3)20-11-7-5-9-18(20)28(23,2)19-10-6-8-12-21(19)29/h5-15,23-24H,4H2,1-3H3/t23-,24+,28?,29?. The van der Waals surface area contributed by atoms with Gasteiger partial charge in [0, 0.05) is 10.8 Å². The first-order valence-electron chi connectivity index (χ1n) is 11.8. The van der Waals surface area contributed by atoms with Gasteiger partial charge < -0.3 is 4.74 Å². The molecule has 3 aromatic rings. The molecule has 1 fully saturated rings. The van der Waals surface area contributed by atoms with E-state index in [4.69, 9.17) is 16.3 Å². The Labute approximate surface area is 208 Å². The van der Waals surface area contributed by atoms with E-state index in [-0.39, 0.29) is 29.0 Å². The van der Waals surface area contributed by atoms with Crippen molar-refractivity contribution in [2.75, 3.05) is 11.5 Å². The molecule has 2 amide bonds. The van der Waals surface area contributed by atoms with E-state index in [1.807, 2.05) is 24.3 Å². The molecule has 0 saturated carbocycles. The van der Waals surface area contributed by atoms with Crippen molar-refractivity contribution < 1.29 is 19.1 Å². The fourth-order valence-electron chi connectivity index (χ4n) is 6.84. The molecular weight excluding hydrogens is 462 g/mol. The van der Waals surface area contributed by atoms with Crippen molar-refractivity contribution >= 4 is 35.1 Å². The van der Waals surface area contributed by atoms with Gasteiger partial charge in [-0.05, 0) is 47.4 Å². The van der Waals surface area contributed by atoms with E-state index >= 15 is 0 Å². The average molecular weight is 486 g/mol. The normalized spacial score (nSPS) is 27.9. The largest absolute Gasteiger partial charge is 0.462 e. The number of carbonyl (C=O) groups is 3. The van der Waals surface area contributed by atoms with Gasteiger partial charge in [0.25, 0.3) is 0 Å². The lowest BCUT2D eigenvalue weighted by molar-refractivity contribution is -0.124. The lowest BCUT2D eigenvalue weighted by atomic mass is 9.42. The molecule has 2 bridgehead atoms. The number of halogens is 1. The zero-order valence-electron chi connectivity index (χ0n) is 19.7. The first-order valence-corrected chi connectivity index (χ1v) is 12.2. The Hall–Kier alpha value is -3.44. The van der Waals surface area contributed by atoms with Gasteiger partial charge in [-0.15, -0.1) is 0 Å². The van der Waals surface area contributed by atoms with Crippen LogP contribution in [0.1, 0.15) is 53.4 Å². The van der Waals surface area contributed by atoms with Crippen LogP contribution >= 0.6 is 11.6 Å². The molecule has 3 aromatic carbocycles. The SMILES string of the molecule is CCOC(=O)c1cc(N2C(=O)[C@@H]3[C@H](C2=O)C2(C)c4ccccc4C3(C)c3ccccc32)ccc1Cl. The Kier molecular flexibility index (Phi) is 4.59. The zero-order chi connectivity index (χ0) is 24.7. The molecule has 1 aliphatic heterocycles. The highest BCUT2D eigenvalue weighted by Gasteiger charge is 2.70. The van der Waals surface area contributed by atoms with E-state index in [9.17, 15) is 14.4 Å². The van der Waals surface area contributed by atoms with Crippen molar-refractivity contribution in [3.8, 4) is 0 Å². The number of esters is 1. The minimum absolute atomic E-state index is 0.133. The van der Waals surface area contributed by atoms with Gasteiger partial charge >= 0.3 is 5.97 Å². The summed E-state index contributed by atoms with van der Waals surface area (Å²) in [4.78, 5) is 42.0. The summed E-state index contributed by atoms with van der Waals surface area (Å²) in [5, 5.41) is 0.211. The smallest absolute Gasteiger partial charge is 0.339 e. The number of amides is 2. The third kappa shape index (κ3) is 2.57. The van der Waals surface area contributed by atoms with Crippen LogP contribution in [0.25, 0.3) is 0 Å². The van der Waals surface area contributed by atoms with Crippen molar-refractivity contribution in [1.82, 2.24) is 0 Å². The van der Waals surface area contributed by atoms with Crippen LogP contribution in [0.5, 0.6) is 0 Å². The maximum atomic E-state index is 14.2. The molecule has 0 aromatic heterocycles. The van der Waals surface area contributed by atoms with Crippen LogP contribution in [0.2, 0.25) is 5.02 Å². The fourth-order valence-corrected chi connectivity index (χ4v) is 7.04. The number of anilines is 1. The summed E-state index contributed by atoms with van der Waals surface area (Å²) in [5.74, 6) is -2.22. The average Bonchev–Trinajstić information content (AvgIpc) is 3.14. The number of hydrogen-bond acceptors (Lipinski definition) is 4. The summed E-state index contributed by atoms with van der Waals surface area (Å²) in [6.07, 6.45) is 0. The second kappa shape index (κ2) is 7.28. The highest BCUT2D eigenvalue weighted by Crippen LogP contribution is 2.66. The first-order chi connectivity index (χ1) is 16.8. The summed E-state index contributed by atoms with van der Waals surface area (Å²) in [7, 11) is 0. The molecule has 5 nitrogen and oxygen atoms in total. The van der Waals surface area contributed by atoms with Gasteiger partial charge in [0.1, 0.15) is 0 Å². The van der Waals surface area contributed by atoms with E-state index < -0.39 is 28.6 Å². The molecule has 0 unspecified atom stereocenters. The highest BCUT2D eigenvalue weighted by molar-refractivity contribution is 6.34. The molecule has 1 saturated heterocycles. The summed E-state index contributed by atoms with van der Waals surface area (Å²) in [6, 6.07) is 21.0. The number of nitrogens with zero attached hydrogens (tertiary/aromatic N) is 1. The topological polar surface area (TPSA) is 63.7 Å². The molecule has 0 N–H and O–H groups in total. The second-order valence-corrected chi connectivity index (χ2v) is 10.3. The Morgan fingerprint density at radius 3 is 1.74 bits per heavy atom. The lowest BCUT2D eigenvalue weighted by Crippen LogP contribution is -2.59. The fraction of sp³-hybridized carbons (Fsp3) is 0.276. The van der Waals surface area contributed by atoms with E-state index in [2.05, 4.69) is 38.1 Å². The Bertz CT molecular complexity index is 1320. The third-order valence-electron chi connectivity index (χ3n) is 8.35. The van der Waals surface area contributed by atoms with Crippen LogP contribution in [0.3, 0.4) is 0 Å². The molecule has 7 rings (SSSR count). The lowest BCUT2D eigenvalue weighted by Gasteiger charge is -2.57. The molecule has 176 valence electrons. The quantitative estimate of drug-likeness (QED) is 0.375. The third-order valence-corrected chi connectivity index (χ3v) is 8.68. The monoisotopic (exact) mass is 485 g/mol. The van der Waals surface area contributed by atoms with Gasteiger partial charge in [-0.2, -0.15) is 0 Å². The molecule has 2 atom stereocenters. The number of ether oxygens (including phenoxy) is 1. The van der Waals surface area contributed by atoms with Crippen LogP contribution in [0, 0.1) is 11.8 Å². The minimum atomic E-state index is -0.659. The van der Waals surface area contributed by atoms with E-state index in [0.717, 1.165) is 22.3 Å². The van der Waals surface area contributed by atoms with E-state index in [0.29, 0.717) is 5.69 Å². The van der Waals surface area contributed by atoms with E-state index in [1.54, 1.807) is 13.0 Å². The predicted molar refractivity (Wildman–Crippen MR) is 133 cm³/mol. The maximum Gasteiger partial charge on any atom is 0.339 e. The Morgan fingerprint density at radius 2 is 1.31 bits per heavy atom. The second-order valence-electron chi connectivity index (χ2n) is 9.85.